The molecule has 1 aromatic heterocycles. The van der Waals surface area contributed by atoms with E-state index < -0.39 is 11.4 Å². The van der Waals surface area contributed by atoms with Crippen LogP contribution in [-0.4, -0.2) is 65.7 Å². The van der Waals surface area contributed by atoms with E-state index in [1.54, 1.807) is 52.3 Å². The van der Waals surface area contributed by atoms with Crippen LogP contribution in [0.4, 0.5) is 38.9 Å². The number of aryl methyl sites for hydroxylation is 1. The maximum atomic E-state index is 14.3. The minimum absolute atomic E-state index is 0.270. The molecular weight excluding hydrogens is 525 g/mol. The third-order valence-corrected chi connectivity index (χ3v) is 7.72. The number of carbonyl (C=O) groups excluding carboxylic acids is 1. The Morgan fingerprint density at radius 1 is 1.17 bits per heavy atom. The first-order valence-corrected chi connectivity index (χ1v) is 13.5. The molecule has 0 saturated carbocycles. The van der Waals surface area contributed by atoms with Gasteiger partial charge in [0, 0.05) is 55.1 Å². The number of aromatic nitrogens is 2. The number of rotatable bonds is 9. The van der Waals surface area contributed by atoms with Crippen LogP contribution in [0.1, 0.15) is 25.0 Å². The van der Waals surface area contributed by atoms with Crippen LogP contribution in [0.2, 0.25) is 0 Å². The van der Waals surface area contributed by atoms with Crippen molar-refractivity contribution in [2.24, 2.45) is 5.92 Å². The van der Waals surface area contributed by atoms with Gasteiger partial charge in [-0.1, -0.05) is 6.58 Å². The van der Waals surface area contributed by atoms with Crippen molar-refractivity contribution in [3.8, 4) is 5.75 Å². The molecule has 1 amide bonds. The summed E-state index contributed by atoms with van der Waals surface area (Å²) in [6.07, 6.45) is 2.81. The Kier molecular flexibility index (Phi) is 7.58. The summed E-state index contributed by atoms with van der Waals surface area (Å²) in [5, 5.41) is 19.9. The van der Waals surface area contributed by atoms with Crippen molar-refractivity contribution in [2.45, 2.75) is 32.4 Å². The number of halogens is 1. The number of methoxy groups -OCH3 is 1. The van der Waals surface area contributed by atoms with Crippen molar-refractivity contribution in [3.63, 3.8) is 0 Å². The van der Waals surface area contributed by atoms with Gasteiger partial charge < -0.3 is 35.6 Å². The Morgan fingerprint density at radius 2 is 1.95 bits per heavy atom. The van der Waals surface area contributed by atoms with Gasteiger partial charge in [0.25, 0.3) is 0 Å². The third-order valence-electron chi connectivity index (χ3n) is 7.72. The molecule has 0 unspecified atom stereocenters. The predicted octanol–water partition coefficient (Wildman–Crippen LogP) is 4.52. The molecular formula is C30H36FN7O3. The van der Waals surface area contributed by atoms with Crippen LogP contribution in [0, 0.1) is 18.7 Å². The average Bonchev–Trinajstić information content (AvgIpc) is 3.27. The quantitative estimate of drug-likeness (QED) is 0.280. The standard InChI is InChI=1S/C30H36FN7O3/c1-7-28(39)34-22-12-23(26(41-6)13-24(22)38-15-18-14-37(5)25(18)16-38)35-29-32-9-8-27(36-29)33-21-10-17(2)20(31)11-19(21)30(3,4)40/h7-13,18,25,40H,1,14-16H2,2-6H3,(H,34,39)(H2,32,33,35,36)/t18-,25+/m0/s1. The lowest BCUT2D eigenvalue weighted by Gasteiger charge is -2.40. The monoisotopic (exact) mass is 561 g/mol. The van der Waals surface area contributed by atoms with Gasteiger partial charge in [0.1, 0.15) is 17.4 Å². The number of amides is 1. The number of anilines is 6. The fraction of sp³-hybridized carbons (Fsp3) is 0.367. The molecule has 0 spiro atoms. The lowest BCUT2D eigenvalue weighted by Crippen LogP contribution is -2.52. The number of hydrogen-bond acceptors (Lipinski definition) is 9. The second-order valence-electron chi connectivity index (χ2n) is 11.2. The zero-order chi connectivity index (χ0) is 29.5. The van der Waals surface area contributed by atoms with Crippen LogP contribution in [-0.2, 0) is 10.4 Å². The van der Waals surface area contributed by atoms with E-state index in [-0.39, 0.29) is 11.9 Å². The number of nitrogens with one attached hydrogen (secondary N) is 3. The van der Waals surface area contributed by atoms with Crippen molar-refractivity contribution >= 4 is 40.4 Å². The van der Waals surface area contributed by atoms with Gasteiger partial charge >= 0.3 is 0 Å². The molecule has 5 rings (SSSR count). The SMILES string of the molecule is C=CC(=O)Nc1cc(Nc2nccc(Nc3cc(C)c(F)cc3C(C)(C)O)n2)c(OC)cc1N1C[C@@H]2CN(C)[C@@H]2C1. The van der Waals surface area contributed by atoms with Crippen LogP contribution in [0.3, 0.4) is 0 Å². The number of nitrogens with zero attached hydrogens (tertiary/aromatic N) is 4. The number of fused-ring (bicyclic) bond motifs is 1. The minimum Gasteiger partial charge on any atom is -0.494 e. The minimum atomic E-state index is -1.28. The summed E-state index contributed by atoms with van der Waals surface area (Å²) < 4.78 is 20.0. The van der Waals surface area contributed by atoms with Gasteiger partial charge in [-0.15, -0.1) is 0 Å². The molecule has 2 aliphatic rings. The summed E-state index contributed by atoms with van der Waals surface area (Å²) in [7, 11) is 3.71. The molecule has 0 bridgehead atoms. The lowest BCUT2D eigenvalue weighted by molar-refractivity contribution is -0.111. The van der Waals surface area contributed by atoms with Gasteiger partial charge in [-0.2, -0.15) is 4.98 Å². The second-order valence-corrected chi connectivity index (χ2v) is 11.2. The van der Waals surface area contributed by atoms with Crippen molar-refractivity contribution in [1.82, 2.24) is 14.9 Å². The van der Waals surface area contributed by atoms with E-state index in [4.69, 9.17) is 4.74 Å². The number of ether oxygens (including phenoxy) is 1. The van der Waals surface area contributed by atoms with Gasteiger partial charge in [-0.3, -0.25) is 4.79 Å². The molecule has 41 heavy (non-hydrogen) atoms. The number of carbonyl (C=O) groups is 1. The Bertz CT molecular complexity index is 1490. The summed E-state index contributed by atoms with van der Waals surface area (Å²) in [6, 6.07) is 8.84. The van der Waals surface area contributed by atoms with E-state index in [2.05, 4.69) is 49.3 Å². The number of benzene rings is 2. The Hall–Kier alpha value is -4.22. The molecule has 216 valence electrons. The molecule has 11 heteroatoms. The van der Waals surface area contributed by atoms with Gasteiger partial charge in [0.2, 0.25) is 11.9 Å². The molecule has 0 radical (unpaired) electrons. The summed E-state index contributed by atoms with van der Waals surface area (Å²) in [4.78, 5) is 25.9. The fourth-order valence-corrected chi connectivity index (χ4v) is 5.52. The molecule has 2 saturated heterocycles. The highest BCUT2D eigenvalue weighted by Gasteiger charge is 2.44. The maximum Gasteiger partial charge on any atom is 0.247 e. The highest BCUT2D eigenvalue weighted by molar-refractivity contribution is 6.02. The topological polar surface area (TPSA) is 115 Å². The van der Waals surface area contributed by atoms with Crippen molar-refractivity contribution in [3.05, 3.63) is 66.1 Å². The Morgan fingerprint density at radius 3 is 2.61 bits per heavy atom. The van der Waals surface area contributed by atoms with Crippen molar-refractivity contribution in [1.29, 1.82) is 0 Å². The van der Waals surface area contributed by atoms with Crippen LogP contribution >= 0.6 is 0 Å². The molecule has 3 aromatic rings. The lowest BCUT2D eigenvalue weighted by atomic mass is 9.93. The van der Waals surface area contributed by atoms with E-state index in [9.17, 15) is 14.3 Å². The van der Waals surface area contributed by atoms with Gasteiger partial charge in [0.05, 0.1) is 29.8 Å². The van der Waals surface area contributed by atoms with Crippen LogP contribution in [0.25, 0.3) is 0 Å². The first-order valence-electron chi connectivity index (χ1n) is 13.5. The first kappa shape index (κ1) is 28.3. The first-order chi connectivity index (χ1) is 19.5. The smallest absolute Gasteiger partial charge is 0.247 e. The highest BCUT2D eigenvalue weighted by atomic mass is 19.1. The van der Waals surface area contributed by atoms with E-state index in [0.29, 0.717) is 51.7 Å². The van der Waals surface area contributed by atoms with Crippen LogP contribution < -0.4 is 25.6 Å². The molecule has 10 nitrogen and oxygen atoms in total. The van der Waals surface area contributed by atoms with E-state index in [1.807, 2.05) is 6.07 Å². The fourth-order valence-electron chi connectivity index (χ4n) is 5.52. The van der Waals surface area contributed by atoms with Crippen molar-refractivity contribution < 1.29 is 19.0 Å². The van der Waals surface area contributed by atoms with E-state index in [1.165, 1.54) is 12.1 Å². The number of likely N-dealkylation sites (tertiary alicyclic amines) is 1. The summed E-state index contributed by atoms with van der Waals surface area (Å²) in [6.45, 7) is 11.3. The molecule has 0 aliphatic carbocycles. The van der Waals surface area contributed by atoms with Gasteiger partial charge in [-0.25, -0.2) is 9.37 Å². The van der Waals surface area contributed by atoms with E-state index >= 15 is 0 Å². The molecule has 3 heterocycles. The summed E-state index contributed by atoms with van der Waals surface area (Å²) in [5.74, 6) is 1.14. The van der Waals surface area contributed by atoms with Gasteiger partial charge in [0.15, 0.2) is 0 Å². The predicted molar refractivity (Wildman–Crippen MR) is 159 cm³/mol. The number of likely N-dealkylation sites (N-methyl/N-ethyl adjacent to an activating group) is 1. The largest absolute Gasteiger partial charge is 0.494 e. The zero-order valence-corrected chi connectivity index (χ0v) is 24.0. The summed E-state index contributed by atoms with van der Waals surface area (Å²) >= 11 is 0. The van der Waals surface area contributed by atoms with Crippen LogP contribution in [0.15, 0.2) is 49.2 Å². The van der Waals surface area contributed by atoms with Gasteiger partial charge in [-0.05, 0) is 63.7 Å². The molecule has 4 N–H and O–H groups in total. The van der Waals surface area contributed by atoms with E-state index in [0.717, 1.165) is 25.3 Å². The van der Waals surface area contributed by atoms with Crippen LogP contribution in [0.5, 0.6) is 5.75 Å². The average molecular weight is 562 g/mol. The number of aliphatic hydroxyl groups is 1. The Balaban J connectivity index is 1.45. The zero-order valence-electron chi connectivity index (χ0n) is 24.0. The maximum absolute atomic E-state index is 14.3. The second kappa shape index (κ2) is 11.0. The third kappa shape index (κ3) is 5.82. The highest BCUT2D eigenvalue weighted by Crippen LogP contribution is 2.42. The molecule has 2 aliphatic heterocycles. The molecule has 2 atom stereocenters. The summed E-state index contributed by atoms with van der Waals surface area (Å²) in [5.41, 5.74) is 2.13. The molecule has 2 fully saturated rings. The normalized spacial score (nSPS) is 18.4. The number of hydrogen-bond donors (Lipinski definition) is 4. The van der Waals surface area contributed by atoms with Crippen molar-refractivity contribution in [2.75, 3.05) is 54.6 Å². The molecule has 2 aromatic carbocycles. The Labute approximate surface area is 239 Å².